The van der Waals surface area contributed by atoms with Gasteiger partial charge in [0.05, 0.1) is 28.5 Å². The van der Waals surface area contributed by atoms with Gasteiger partial charge in [0.1, 0.15) is 0 Å². The predicted octanol–water partition coefficient (Wildman–Crippen LogP) is 1.10. The fourth-order valence-electron chi connectivity index (χ4n) is 1.77. The summed E-state index contributed by atoms with van der Waals surface area (Å²) in [4.78, 5) is 16.2. The van der Waals surface area contributed by atoms with Gasteiger partial charge in [0.25, 0.3) is 5.91 Å². The molecule has 0 bridgehead atoms. The third kappa shape index (κ3) is 2.51. The topological polar surface area (TPSA) is 98.7 Å². The number of carbonyl (C=O) groups excluding carboxylic acids is 1. The van der Waals surface area contributed by atoms with Crippen LogP contribution < -0.4 is 11.1 Å². The summed E-state index contributed by atoms with van der Waals surface area (Å²) in [5.41, 5.74) is 9.08. The Morgan fingerprint density at radius 1 is 1.45 bits per heavy atom. The monoisotopic (exact) mass is 288 g/mol. The van der Waals surface area contributed by atoms with E-state index >= 15 is 0 Å². The van der Waals surface area contributed by atoms with Crippen molar-refractivity contribution in [2.45, 2.75) is 6.54 Å². The van der Waals surface area contributed by atoms with E-state index in [1.54, 1.807) is 16.4 Å². The fourth-order valence-corrected chi connectivity index (χ4v) is 2.49. The number of hydrogen-bond donors (Lipinski definition) is 2. The lowest BCUT2D eigenvalue weighted by Gasteiger charge is -2.02. The Kier molecular flexibility index (Phi) is 3.40. The minimum atomic E-state index is -0.294. The van der Waals surface area contributed by atoms with Gasteiger partial charge in [0.15, 0.2) is 5.69 Å². The van der Waals surface area contributed by atoms with Crippen LogP contribution in [0.3, 0.4) is 0 Å². The number of carbonyl (C=O) groups is 1. The van der Waals surface area contributed by atoms with Crippen molar-refractivity contribution in [1.29, 1.82) is 0 Å². The smallest absolute Gasteiger partial charge is 0.277 e. The van der Waals surface area contributed by atoms with E-state index in [1.165, 1.54) is 11.3 Å². The van der Waals surface area contributed by atoms with E-state index in [1.807, 2.05) is 18.2 Å². The average Bonchev–Trinajstić information content (AvgIpc) is 3.07. The zero-order chi connectivity index (χ0) is 13.9. The molecule has 8 heteroatoms. The van der Waals surface area contributed by atoms with E-state index in [0.717, 1.165) is 10.2 Å². The molecule has 20 heavy (non-hydrogen) atoms. The van der Waals surface area contributed by atoms with Crippen LogP contribution in [0.25, 0.3) is 10.2 Å². The Morgan fingerprint density at radius 2 is 2.35 bits per heavy atom. The van der Waals surface area contributed by atoms with Crippen molar-refractivity contribution in [2.75, 3.05) is 11.9 Å². The molecular weight excluding hydrogens is 276 g/mol. The lowest BCUT2D eigenvalue weighted by Crippen LogP contribution is -2.12. The van der Waals surface area contributed by atoms with E-state index in [-0.39, 0.29) is 11.6 Å². The van der Waals surface area contributed by atoms with Gasteiger partial charge in [-0.25, -0.2) is 4.98 Å². The molecule has 0 saturated carbocycles. The standard InChI is InChI=1S/C12H12N6OS/c13-3-4-18-6-10(16-17-18)12(19)15-8-1-2-9-11(5-8)20-7-14-9/h1-2,5-7H,3-4,13H2,(H,15,19). The first-order valence-corrected chi connectivity index (χ1v) is 6.89. The number of anilines is 1. The van der Waals surface area contributed by atoms with E-state index in [0.29, 0.717) is 18.8 Å². The third-order valence-electron chi connectivity index (χ3n) is 2.72. The lowest BCUT2D eigenvalue weighted by atomic mass is 10.3. The number of nitrogens with one attached hydrogen (secondary N) is 1. The summed E-state index contributed by atoms with van der Waals surface area (Å²) in [6.45, 7) is 0.986. The summed E-state index contributed by atoms with van der Waals surface area (Å²) < 4.78 is 2.57. The highest BCUT2D eigenvalue weighted by molar-refractivity contribution is 7.16. The van der Waals surface area contributed by atoms with Gasteiger partial charge in [-0.15, -0.1) is 16.4 Å². The quantitative estimate of drug-likeness (QED) is 0.749. The molecule has 1 amide bonds. The largest absolute Gasteiger partial charge is 0.329 e. The van der Waals surface area contributed by atoms with Crippen molar-refractivity contribution in [3.8, 4) is 0 Å². The van der Waals surface area contributed by atoms with Crippen molar-refractivity contribution >= 4 is 33.1 Å². The average molecular weight is 288 g/mol. The van der Waals surface area contributed by atoms with E-state index in [2.05, 4.69) is 20.6 Å². The van der Waals surface area contributed by atoms with Crippen molar-refractivity contribution in [1.82, 2.24) is 20.0 Å². The zero-order valence-corrected chi connectivity index (χ0v) is 11.3. The number of hydrogen-bond acceptors (Lipinski definition) is 6. The van der Waals surface area contributed by atoms with Crippen molar-refractivity contribution in [3.05, 3.63) is 35.6 Å². The number of thiazole rings is 1. The number of fused-ring (bicyclic) bond motifs is 1. The molecule has 2 heterocycles. The molecule has 2 aromatic heterocycles. The summed E-state index contributed by atoms with van der Waals surface area (Å²) in [5.74, 6) is -0.294. The molecule has 0 fully saturated rings. The molecule has 0 aliphatic carbocycles. The van der Waals surface area contributed by atoms with Crippen LogP contribution in [0, 0.1) is 0 Å². The van der Waals surface area contributed by atoms with E-state index < -0.39 is 0 Å². The summed E-state index contributed by atoms with van der Waals surface area (Å²) in [6, 6.07) is 5.56. The number of nitrogens with zero attached hydrogens (tertiary/aromatic N) is 4. The second kappa shape index (κ2) is 5.35. The molecule has 0 atom stereocenters. The van der Waals surface area contributed by atoms with Gasteiger partial charge in [-0.1, -0.05) is 5.21 Å². The molecule has 3 rings (SSSR count). The maximum Gasteiger partial charge on any atom is 0.277 e. The molecule has 0 unspecified atom stereocenters. The van der Waals surface area contributed by atoms with Crippen molar-refractivity contribution in [3.63, 3.8) is 0 Å². The molecule has 0 saturated heterocycles. The number of benzene rings is 1. The number of nitrogens with two attached hydrogens (primary N) is 1. The minimum Gasteiger partial charge on any atom is -0.329 e. The molecule has 3 N–H and O–H groups in total. The van der Waals surface area contributed by atoms with E-state index in [4.69, 9.17) is 5.73 Å². The Labute approximate surface area is 118 Å². The normalized spacial score (nSPS) is 10.8. The highest BCUT2D eigenvalue weighted by Crippen LogP contribution is 2.22. The van der Waals surface area contributed by atoms with Crippen LogP contribution in [0.4, 0.5) is 5.69 Å². The molecule has 0 spiro atoms. The molecule has 0 aliphatic rings. The van der Waals surface area contributed by atoms with Crippen molar-refractivity contribution < 1.29 is 4.79 Å². The number of amides is 1. The predicted molar refractivity (Wildman–Crippen MR) is 76.6 cm³/mol. The first-order chi connectivity index (χ1) is 9.76. The molecule has 0 aliphatic heterocycles. The van der Waals surface area contributed by atoms with Gasteiger partial charge in [-0.3, -0.25) is 9.48 Å². The summed E-state index contributed by atoms with van der Waals surface area (Å²) >= 11 is 1.53. The SMILES string of the molecule is NCCn1cc(C(=O)Nc2ccc3ncsc3c2)nn1. The van der Waals surface area contributed by atoms with Crippen LogP contribution in [0.1, 0.15) is 10.5 Å². The Bertz CT molecular complexity index is 749. The van der Waals surface area contributed by atoms with Gasteiger partial charge >= 0.3 is 0 Å². The van der Waals surface area contributed by atoms with Crippen molar-refractivity contribution in [2.24, 2.45) is 5.73 Å². The van der Waals surface area contributed by atoms with Crippen LogP contribution in [-0.4, -0.2) is 32.4 Å². The maximum absolute atomic E-state index is 12.0. The first-order valence-electron chi connectivity index (χ1n) is 6.01. The highest BCUT2D eigenvalue weighted by Gasteiger charge is 2.11. The van der Waals surface area contributed by atoms with Gasteiger partial charge in [-0.05, 0) is 18.2 Å². The second-order valence-electron chi connectivity index (χ2n) is 4.14. The van der Waals surface area contributed by atoms with E-state index in [9.17, 15) is 4.79 Å². The van der Waals surface area contributed by atoms with Crippen LogP contribution in [0.2, 0.25) is 0 Å². The molecule has 102 valence electrons. The molecule has 1 aromatic carbocycles. The van der Waals surface area contributed by atoms with Crippen LogP contribution in [-0.2, 0) is 6.54 Å². The number of rotatable bonds is 4. The third-order valence-corrected chi connectivity index (χ3v) is 3.51. The van der Waals surface area contributed by atoms with Gasteiger partial charge < -0.3 is 11.1 Å². The molecule has 3 aromatic rings. The summed E-state index contributed by atoms with van der Waals surface area (Å²) in [7, 11) is 0. The Morgan fingerprint density at radius 3 is 3.20 bits per heavy atom. The highest BCUT2D eigenvalue weighted by atomic mass is 32.1. The first kappa shape index (κ1) is 12.7. The minimum absolute atomic E-state index is 0.267. The zero-order valence-electron chi connectivity index (χ0n) is 10.5. The Hall–Kier alpha value is -2.32. The second-order valence-corrected chi connectivity index (χ2v) is 5.03. The van der Waals surface area contributed by atoms with Gasteiger partial charge in [-0.2, -0.15) is 0 Å². The fraction of sp³-hybridized carbons (Fsp3) is 0.167. The van der Waals surface area contributed by atoms with Crippen LogP contribution in [0.15, 0.2) is 29.9 Å². The molecular formula is C12H12N6OS. The van der Waals surface area contributed by atoms with Crippen LogP contribution >= 0.6 is 11.3 Å². The molecule has 0 radical (unpaired) electrons. The number of aromatic nitrogens is 4. The van der Waals surface area contributed by atoms with Gasteiger partial charge in [0, 0.05) is 12.2 Å². The van der Waals surface area contributed by atoms with Gasteiger partial charge in [0.2, 0.25) is 0 Å². The molecule has 7 nitrogen and oxygen atoms in total. The summed E-state index contributed by atoms with van der Waals surface area (Å²) in [6.07, 6.45) is 1.58. The summed E-state index contributed by atoms with van der Waals surface area (Å²) in [5, 5.41) is 10.4. The lowest BCUT2D eigenvalue weighted by molar-refractivity contribution is 0.102. The maximum atomic E-state index is 12.0. The van der Waals surface area contributed by atoms with Crippen LogP contribution in [0.5, 0.6) is 0 Å². The Balaban J connectivity index is 1.76.